The molecule has 26 heavy (non-hydrogen) atoms. The lowest BCUT2D eigenvalue weighted by Gasteiger charge is -2.16. The summed E-state index contributed by atoms with van der Waals surface area (Å²) in [7, 11) is 2.86. The van der Waals surface area contributed by atoms with Crippen molar-refractivity contribution in [1.29, 1.82) is 0 Å². The first-order valence-electron chi connectivity index (χ1n) is 7.41. The minimum atomic E-state index is -4.77. The van der Waals surface area contributed by atoms with Gasteiger partial charge < -0.3 is 10.2 Å². The molecular formula is C18H15F5N2O. The number of carbonyl (C=O) groups is 1. The third-order valence-corrected chi connectivity index (χ3v) is 3.40. The van der Waals surface area contributed by atoms with Crippen molar-refractivity contribution in [2.75, 3.05) is 24.3 Å². The SMILES string of the molecule is CN(C)c1c(F)cc(NC(=O)/C=C(/c2ccccc2)C(F)(F)F)cc1F. The average molecular weight is 370 g/mol. The molecule has 0 atom stereocenters. The van der Waals surface area contributed by atoms with Crippen LogP contribution in [0.5, 0.6) is 0 Å². The summed E-state index contributed by atoms with van der Waals surface area (Å²) in [5.74, 6) is -3.06. The first-order chi connectivity index (χ1) is 12.1. The van der Waals surface area contributed by atoms with Crippen molar-refractivity contribution < 1.29 is 26.7 Å². The summed E-state index contributed by atoms with van der Waals surface area (Å²) >= 11 is 0. The molecule has 2 rings (SSSR count). The van der Waals surface area contributed by atoms with Crippen LogP contribution in [0.2, 0.25) is 0 Å². The quantitative estimate of drug-likeness (QED) is 0.629. The third kappa shape index (κ3) is 4.59. The number of amides is 1. The van der Waals surface area contributed by atoms with Gasteiger partial charge in [0.05, 0.1) is 5.57 Å². The normalized spacial score (nSPS) is 12.0. The van der Waals surface area contributed by atoms with E-state index in [0.29, 0.717) is 6.08 Å². The maximum Gasteiger partial charge on any atom is 0.417 e. The van der Waals surface area contributed by atoms with Gasteiger partial charge >= 0.3 is 6.18 Å². The number of hydrogen-bond acceptors (Lipinski definition) is 2. The Morgan fingerprint density at radius 2 is 1.58 bits per heavy atom. The Balaban J connectivity index is 2.32. The summed E-state index contributed by atoms with van der Waals surface area (Å²) in [6.45, 7) is 0. The van der Waals surface area contributed by atoms with Crippen molar-refractivity contribution >= 4 is 22.9 Å². The highest BCUT2D eigenvalue weighted by molar-refractivity contribution is 6.04. The zero-order chi connectivity index (χ0) is 19.5. The van der Waals surface area contributed by atoms with E-state index in [-0.39, 0.29) is 16.9 Å². The molecule has 0 aliphatic rings. The van der Waals surface area contributed by atoms with Gasteiger partial charge in [-0.1, -0.05) is 30.3 Å². The zero-order valence-electron chi connectivity index (χ0n) is 13.9. The molecule has 0 radical (unpaired) electrons. The molecule has 0 saturated carbocycles. The minimum absolute atomic E-state index is 0.199. The van der Waals surface area contributed by atoms with Gasteiger partial charge in [-0.25, -0.2) is 8.78 Å². The molecule has 8 heteroatoms. The van der Waals surface area contributed by atoms with Crippen LogP contribution >= 0.6 is 0 Å². The lowest BCUT2D eigenvalue weighted by Crippen LogP contribution is -2.17. The molecule has 0 unspecified atom stereocenters. The van der Waals surface area contributed by atoms with E-state index >= 15 is 0 Å². The van der Waals surface area contributed by atoms with E-state index in [1.54, 1.807) is 0 Å². The van der Waals surface area contributed by atoms with Crippen LogP contribution in [-0.4, -0.2) is 26.2 Å². The summed E-state index contributed by atoms with van der Waals surface area (Å²) < 4.78 is 67.4. The van der Waals surface area contributed by atoms with Gasteiger partial charge in [-0.3, -0.25) is 4.79 Å². The Hall–Kier alpha value is -2.90. The fraction of sp³-hybridized carbons (Fsp3) is 0.167. The molecule has 0 aliphatic heterocycles. The molecule has 0 heterocycles. The number of benzene rings is 2. The molecule has 0 aromatic heterocycles. The Bertz CT molecular complexity index is 806. The van der Waals surface area contributed by atoms with E-state index in [1.807, 2.05) is 5.32 Å². The van der Waals surface area contributed by atoms with Gasteiger partial charge in [0, 0.05) is 25.9 Å². The topological polar surface area (TPSA) is 32.3 Å². The first kappa shape index (κ1) is 19.4. The molecule has 2 aromatic rings. The van der Waals surface area contributed by atoms with Crippen molar-refractivity contribution in [2.24, 2.45) is 0 Å². The predicted octanol–water partition coefficient (Wildman–Crippen LogP) is 4.62. The number of nitrogens with zero attached hydrogens (tertiary/aromatic N) is 1. The van der Waals surface area contributed by atoms with E-state index in [4.69, 9.17) is 0 Å². The number of hydrogen-bond donors (Lipinski definition) is 1. The van der Waals surface area contributed by atoms with Gasteiger partial charge in [-0.2, -0.15) is 13.2 Å². The van der Waals surface area contributed by atoms with Crippen LogP contribution in [0, 0.1) is 11.6 Å². The number of rotatable bonds is 4. The summed E-state index contributed by atoms with van der Waals surface area (Å²) in [5.41, 5.74) is -1.97. The second-order valence-electron chi connectivity index (χ2n) is 5.59. The van der Waals surface area contributed by atoms with Crippen molar-refractivity contribution in [2.45, 2.75) is 6.18 Å². The largest absolute Gasteiger partial charge is 0.417 e. The highest BCUT2D eigenvalue weighted by Gasteiger charge is 2.35. The van der Waals surface area contributed by atoms with Gasteiger partial charge in [-0.15, -0.1) is 0 Å². The Labute approximate surface area is 146 Å². The molecule has 0 aliphatic carbocycles. The number of nitrogens with one attached hydrogen (secondary N) is 1. The molecule has 1 N–H and O–H groups in total. The number of alkyl halides is 3. The first-order valence-corrected chi connectivity index (χ1v) is 7.41. The second-order valence-corrected chi connectivity index (χ2v) is 5.59. The molecular weight excluding hydrogens is 355 g/mol. The molecule has 0 saturated heterocycles. The molecule has 0 fully saturated rings. The van der Waals surface area contributed by atoms with Crippen molar-refractivity contribution in [3.05, 3.63) is 65.7 Å². The number of allylic oxidation sites excluding steroid dienone is 1. The molecule has 0 bridgehead atoms. The summed E-state index contributed by atoms with van der Waals surface area (Å²) in [6.07, 6.45) is -4.42. The predicted molar refractivity (Wildman–Crippen MR) is 89.8 cm³/mol. The lowest BCUT2D eigenvalue weighted by molar-refractivity contribution is -0.112. The monoisotopic (exact) mass is 370 g/mol. The third-order valence-electron chi connectivity index (χ3n) is 3.40. The summed E-state index contributed by atoms with van der Waals surface area (Å²) in [4.78, 5) is 13.1. The van der Waals surface area contributed by atoms with E-state index in [1.165, 1.54) is 49.3 Å². The Morgan fingerprint density at radius 3 is 2.04 bits per heavy atom. The van der Waals surface area contributed by atoms with Gasteiger partial charge in [-0.05, 0) is 17.7 Å². The Kier molecular flexibility index (Phi) is 5.64. The van der Waals surface area contributed by atoms with Gasteiger partial charge in [0.1, 0.15) is 5.69 Å². The number of halogens is 5. The van der Waals surface area contributed by atoms with Crippen LogP contribution in [0.3, 0.4) is 0 Å². The van der Waals surface area contributed by atoms with E-state index in [0.717, 1.165) is 12.1 Å². The standard InChI is InChI=1S/C18H15F5N2O/c1-25(2)17-14(19)8-12(9-15(17)20)24-16(26)10-13(18(21,22)23)11-6-4-3-5-7-11/h3-10H,1-2H3,(H,24,26)/b13-10-. The maximum absolute atomic E-state index is 13.9. The van der Waals surface area contributed by atoms with Gasteiger partial charge in [0.2, 0.25) is 5.91 Å². The number of carbonyl (C=O) groups excluding carboxylic acids is 1. The summed E-state index contributed by atoms with van der Waals surface area (Å²) in [5, 5.41) is 2.05. The highest BCUT2D eigenvalue weighted by atomic mass is 19.4. The number of anilines is 2. The van der Waals surface area contributed by atoms with Crippen LogP contribution in [-0.2, 0) is 4.79 Å². The van der Waals surface area contributed by atoms with Crippen molar-refractivity contribution in [3.63, 3.8) is 0 Å². The molecule has 2 aromatic carbocycles. The lowest BCUT2D eigenvalue weighted by atomic mass is 10.1. The van der Waals surface area contributed by atoms with Crippen molar-refractivity contribution in [3.8, 4) is 0 Å². The van der Waals surface area contributed by atoms with Crippen LogP contribution in [0.15, 0.2) is 48.5 Å². The summed E-state index contributed by atoms with van der Waals surface area (Å²) in [6, 6.07) is 8.42. The highest BCUT2D eigenvalue weighted by Crippen LogP contribution is 2.34. The molecule has 1 amide bonds. The van der Waals surface area contributed by atoms with Crippen molar-refractivity contribution in [1.82, 2.24) is 0 Å². The minimum Gasteiger partial charge on any atom is -0.373 e. The van der Waals surface area contributed by atoms with Gasteiger partial charge in [0.15, 0.2) is 11.6 Å². The fourth-order valence-corrected chi connectivity index (χ4v) is 2.32. The molecule has 3 nitrogen and oxygen atoms in total. The average Bonchev–Trinajstić information content (AvgIpc) is 2.51. The second kappa shape index (κ2) is 7.55. The molecule has 0 spiro atoms. The Morgan fingerprint density at radius 1 is 1.04 bits per heavy atom. The van der Waals surface area contributed by atoms with Gasteiger partial charge in [0.25, 0.3) is 0 Å². The molecule has 138 valence electrons. The van der Waals surface area contributed by atoms with E-state index in [9.17, 15) is 26.7 Å². The maximum atomic E-state index is 13.9. The zero-order valence-corrected chi connectivity index (χ0v) is 13.9. The smallest absolute Gasteiger partial charge is 0.373 e. The fourth-order valence-electron chi connectivity index (χ4n) is 2.32. The van der Waals surface area contributed by atoms with Crippen LogP contribution in [0.1, 0.15) is 5.56 Å². The van der Waals surface area contributed by atoms with E-state index in [2.05, 4.69) is 0 Å². The van der Waals surface area contributed by atoms with Crippen LogP contribution in [0.4, 0.5) is 33.3 Å². The van der Waals surface area contributed by atoms with Crippen LogP contribution in [0.25, 0.3) is 5.57 Å². The van der Waals surface area contributed by atoms with Crippen LogP contribution < -0.4 is 10.2 Å². The van der Waals surface area contributed by atoms with E-state index < -0.39 is 29.3 Å².